The summed E-state index contributed by atoms with van der Waals surface area (Å²) in [5.41, 5.74) is 1.60. The van der Waals surface area contributed by atoms with Crippen molar-refractivity contribution in [1.82, 2.24) is 4.98 Å². The first-order valence-electron chi connectivity index (χ1n) is 5.84. The fraction of sp³-hybridized carbons (Fsp3) is 0.267. The lowest BCUT2D eigenvalue weighted by Gasteiger charge is -2.20. The molecule has 1 heterocycles. The van der Waals surface area contributed by atoms with Crippen molar-refractivity contribution in [2.24, 2.45) is 0 Å². The van der Waals surface area contributed by atoms with Crippen LogP contribution in [0.4, 0.5) is 0 Å². The summed E-state index contributed by atoms with van der Waals surface area (Å²) in [4.78, 5) is 4.38. The molecule has 0 aliphatic heterocycles. The molecule has 3 nitrogen and oxygen atoms in total. The molecule has 0 saturated carbocycles. The number of benzene rings is 1. The number of aromatic nitrogens is 1. The minimum Gasteiger partial charge on any atom is -0.497 e. The highest BCUT2D eigenvalue weighted by Gasteiger charge is 2.21. The normalized spacial score (nSPS) is 11.3. The van der Waals surface area contributed by atoms with Crippen LogP contribution in [0.25, 0.3) is 11.3 Å². The van der Waals surface area contributed by atoms with Crippen LogP contribution in [0.1, 0.15) is 19.4 Å². The fourth-order valence-corrected chi connectivity index (χ4v) is 1.90. The molecule has 18 heavy (non-hydrogen) atoms. The van der Waals surface area contributed by atoms with Gasteiger partial charge in [0, 0.05) is 17.3 Å². The van der Waals surface area contributed by atoms with Crippen LogP contribution in [0.2, 0.25) is 0 Å². The molecule has 1 aromatic carbocycles. The number of nitrogens with zero attached hydrogens (tertiary/aromatic N) is 1. The highest BCUT2D eigenvalue weighted by molar-refractivity contribution is 5.65. The van der Waals surface area contributed by atoms with Gasteiger partial charge in [-0.1, -0.05) is 18.2 Å². The molecule has 2 rings (SSSR count). The van der Waals surface area contributed by atoms with Gasteiger partial charge in [0.05, 0.1) is 18.4 Å². The zero-order valence-electron chi connectivity index (χ0n) is 10.8. The third-order valence-electron chi connectivity index (χ3n) is 2.81. The van der Waals surface area contributed by atoms with E-state index in [9.17, 15) is 5.11 Å². The van der Waals surface area contributed by atoms with Gasteiger partial charge in [-0.15, -0.1) is 0 Å². The van der Waals surface area contributed by atoms with Gasteiger partial charge < -0.3 is 9.84 Å². The maximum Gasteiger partial charge on any atom is 0.119 e. The molecule has 0 saturated heterocycles. The lowest BCUT2D eigenvalue weighted by atomic mass is 9.93. The van der Waals surface area contributed by atoms with Crippen LogP contribution in [0.15, 0.2) is 42.6 Å². The molecule has 0 aliphatic rings. The van der Waals surface area contributed by atoms with E-state index in [1.54, 1.807) is 27.2 Å². The average Bonchev–Trinajstić information content (AvgIpc) is 2.38. The smallest absolute Gasteiger partial charge is 0.119 e. The minimum absolute atomic E-state index is 0.778. The maximum absolute atomic E-state index is 10.2. The predicted octanol–water partition coefficient (Wildman–Crippen LogP) is 2.98. The molecule has 0 fully saturated rings. The minimum atomic E-state index is -0.924. The van der Waals surface area contributed by atoms with Crippen LogP contribution >= 0.6 is 0 Å². The van der Waals surface area contributed by atoms with Crippen LogP contribution in [0.3, 0.4) is 0 Å². The Labute approximate surface area is 107 Å². The largest absolute Gasteiger partial charge is 0.497 e. The van der Waals surface area contributed by atoms with Crippen LogP contribution < -0.4 is 4.74 Å². The molecule has 94 valence electrons. The Morgan fingerprint density at radius 1 is 1.17 bits per heavy atom. The molecule has 0 amide bonds. The number of pyridine rings is 1. The van der Waals surface area contributed by atoms with Gasteiger partial charge in [-0.25, -0.2) is 0 Å². The Morgan fingerprint density at radius 3 is 2.61 bits per heavy atom. The summed E-state index contributed by atoms with van der Waals surface area (Å²) < 4.78 is 5.21. The van der Waals surface area contributed by atoms with E-state index in [1.807, 2.05) is 36.4 Å². The zero-order chi connectivity index (χ0) is 13.2. The molecular formula is C15H17NO2. The van der Waals surface area contributed by atoms with E-state index in [-0.39, 0.29) is 0 Å². The van der Waals surface area contributed by atoms with Crippen molar-refractivity contribution in [3.63, 3.8) is 0 Å². The summed E-state index contributed by atoms with van der Waals surface area (Å²) in [6.45, 7) is 3.52. The third-order valence-corrected chi connectivity index (χ3v) is 2.81. The Hall–Kier alpha value is -1.87. The third kappa shape index (κ3) is 2.51. The van der Waals surface area contributed by atoms with Gasteiger partial charge in [0.25, 0.3) is 0 Å². The molecule has 0 unspecified atom stereocenters. The van der Waals surface area contributed by atoms with Crippen molar-refractivity contribution in [3.05, 3.63) is 48.2 Å². The van der Waals surface area contributed by atoms with Crippen molar-refractivity contribution < 1.29 is 9.84 Å². The van der Waals surface area contributed by atoms with Crippen LogP contribution in [-0.4, -0.2) is 17.2 Å². The van der Waals surface area contributed by atoms with Crippen molar-refractivity contribution >= 4 is 0 Å². The summed E-state index contributed by atoms with van der Waals surface area (Å²) in [7, 11) is 1.63. The molecule has 0 spiro atoms. The first kappa shape index (κ1) is 12.6. The number of methoxy groups -OCH3 is 1. The van der Waals surface area contributed by atoms with Gasteiger partial charge in [-0.3, -0.25) is 4.98 Å². The van der Waals surface area contributed by atoms with Crippen LogP contribution in [0, 0.1) is 0 Å². The Balaban J connectivity index is 2.57. The van der Waals surface area contributed by atoms with Crippen LogP contribution in [-0.2, 0) is 5.60 Å². The number of ether oxygens (including phenoxy) is 1. The zero-order valence-corrected chi connectivity index (χ0v) is 10.8. The predicted molar refractivity (Wildman–Crippen MR) is 71.5 cm³/mol. The average molecular weight is 243 g/mol. The van der Waals surface area contributed by atoms with Gasteiger partial charge in [0.2, 0.25) is 0 Å². The van der Waals surface area contributed by atoms with Gasteiger partial charge in [-0.05, 0) is 32.0 Å². The second-order valence-electron chi connectivity index (χ2n) is 4.69. The van der Waals surface area contributed by atoms with E-state index in [0.717, 1.165) is 22.6 Å². The van der Waals surface area contributed by atoms with Gasteiger partial charge >= 0.3 is 0 Å². The molecule has 1 aromatic heterocycles. The van der Waals surface area contributed by atoms with Gasteiger partial charge in [-0.2, -0.15) is 0 Å². The van der Waals surface area contributed by atoms with Crippen molar-refractivity contribution in [1.29, 1.82) is 0 Å². The van der Waals surface area contributed by atoms with Crippen LogP contribution in [0.5, 0.6) is 5.75 Å². The molecule has 2 aromatic rings. The Bertz CT molecular complexity index is 544. The van der Waals surface area contributed by atoms with E-state index >= 15 is 0 Å². The summed E-state index contributed by atoms with van der Waals surface area (Å²) in [5.74, 6) is 0.778. The number of rotatable bonds is 3. The van der Waals surface area contributed by atoms with Crippen molar-refractivity contribution in [2.75, 3.05) is 7.11 Å². The SMILES string of the molecule is COc1cccc(-c2ncccc2C(C)(C)O)c1. The number of hydrogen-bond acceptors (Lipinski definition) is 3. The van der Waals surface area contributed by atoms with E-state index in [0.29, 0.717) is 0 Å². The summed E-state index contributed by atoms with van der Waals surface area (Å²) in [6.07, 6.45) is 1.73. The van der Waals surface area contributed by atoms with E-state index in [4.69, 9.17) is 4.74 Å². The molecule has 1 N–H and O–H groups in total. The summed E-state index contributed by atoms with van der Waals surface area (Å²) in [6, 6.07) is 11.4. The highest BCUT2D eigenvalue weighted by Crippen LogP contribution is 2.31. The standard InChI is InChI=1S/C15H17NO2/c1-15(2,17)13-8-5-9-16-14(13)11-6-4-7-12(10-11)18-3/h4-10,17H,1-3H3. The molecular weight excluding hydrogens is 226 g/mol. The molecule has 0 atom stereocenters. The Morgan fingerprint density at radius 2 is 1.94 bits per heavy atom. The first-order valence-corrected chi connectivity index (χ1v) is 5.84. The quantitative estimate of drug-likeness (QED) is 0.901. The topological polar surface area (TPSA) is 42.4 Å². The molecule has 0 radical (unpaired) electrons. The lowest BCUT2D eigenvalue weighted by molar-refractivity contribution is 0.0789. The Kier molecular flexibility index (Phi) is 3.34. The second kappa shape index (κ2) is 4.78. The second-order valence-corrected chi connectivity index (χ2v) is 4.69. The molecule has 0 bridgehead atoms. The highest BCUT2D eigenvalue weighted by atomic mass is 16.5. The summed E-state index contributed by atoms with van der Waals surface area (Å²) >= 11 is 0. The van der Waals surface area contributed by atoms with Crippen molar-refractivity contribution in [2.45, 2.75) is 19.4 Å². The van der Waals surface area contributed by atoms with Gasteiger partial charge in [0.15, 0.2) is 0 Å². The van der Waals surface area contributed by atoms with E-state index < -0.39 is 5.60 Å². The molecule has 0 aliphatic carbocycles. The molecule has 3 heteroatoms. The van der Waals surface area contributed by atoms with Crippen molar-refractivity contribution in [3.8, 4) is 17.0 Å². The maximum atomic E-state index is 10.2. The lowest BCUT2D eigenvalue weighted by Crippen LogP contribution is -2.17. The monoisotopic (exact) mass is 243 g/mol. The van der Waals surface area contributed by atoms with E-state index in [2.05, 4.69) is 4.98 Å². The van der Waals surface area contributed by atoms with Gasteiger partial charge in [0.1, 0.15) is 5.75 Å². The first-order chi connectivity index (χ1) is 8.52. The number of aliphatic hydroxyl groups is 1. The summed E-state index contributed by atoms with van der Waals surface area (Å²) in [5, 5.41) is 10.2. The number of hydrogen-bond donors (Lipinski definition) is 1. The fourth-order valence-electron chi connectivity index (χ4n) is 1.90. The van der Waals surface area contributed by atoms with E-state index in [1.165, 1.54) is 0 Å².